The fourth-order valence-corrected chi connectivity index (χ4v) is 1.87. The molecule has 0 saturated carbocycles. The van der Waals surface area contributed by atoms with Crippen LogP contribution in [0.1, 0.15) is 27.7 Å². The standard InChI is InChI=1S/C14H11N3O3/c1-9-7-11(14(19)20)13(18)17(16-9)12(8-15)10-5-3-2-4-6-10/h2-7,12H,1H3,(H,19,20)/t12-/m0/s1. The molecule has 6 heteroatoms. The van der Waals surface area contributed by atoms with Crippen molar-refractivity contribution < 1.29 is 9.90 Å². The Morgan fingerprint density at radius 2 is 2.05 bits per heavy atom. The SMILES string of the molecule is Cc1cc(C(=O)O)c(=O)n([C@@H](C#N)c2ccccc2)n1. The van der Waals surface area contributed by atoms with E-state index in [-0.39, 0.29) is 0 Å². The van der Waals surface area contributed by atoms with Crippen molar-refractivity contribution in [3.63, 3.8) is 0 Å². The lowest BCUT2D eigenvalue weighted by molar-refractivity contribution is 0.0693. The van der Waals surface area contributed by atoms with Crippen LogP contribution in [0.3, 0.4) is 0 Å². The van der Waals surface area contributed by atoms with Crippen LogP contribution in [-0.2, 0) is 0 Å². The van der Waals surface area contributed by atoms with Gasteiger partial charge in [0.05, 0.1) is 11.8 Å². The van der Waals surface area contributed by atoms with E-state index >= 15 is 0 Å². The summed E-state index contributed by atoms with van der Waals surface area (Å²) in [4.78, 5) is 23.2. The van der Waals surface area contributed by atoms with Gasteiger partial charge in [-0.1, -0.05) is 30.3 Å². The number of aromatic nitrogens is 2. The molecule has 1 aromatic carbocycles. The van der Waals surface area contributed by atoms with E-state index in [1.54, 1.807) is 37.3 Å². The zero-order valence-electron chi connectivity index (χ0n) is 10.6. The molecule has 2 aromatic rings. The van der Waals surface area contributed by atoms with Gasteiger partial charge in [-0.2, -0.15) is 10.4 Å². The molecule has 0 bridgehead atoms. The molecular formula is C14H11N3O3. The van der Waals surface area contributed by atoms with Gasteiger partial charge in [0.2, 0.25) is 0 Å². The van der Waals surface area contributed by atoms with Crippen LogP contribution < -0.4 is 5.56 Å². The first kappa shape index (κ1) is 13.5. The number of rotatable bonds is 3. The highest BCUT2D eigenvalue weighted by Gasteiger charge is 2.20. The average molecular weight is 269 g/mol. The highest BCUT2D eigenvalue weighted by Crippen LogP contribution is 2.15. The van der Waals surface area contributed by atoms with Gasteiger partial charge in [-0.25, -0.2) is 9.48 Å². The zero-order valence-corrected chi connectivity index (χ0v) is 10.6. The maximum absolute atomic E-state index is 12.1. The summed E-state index contributed by atoms with van der Waals surface area (Å²) in [6.07, 6.45) is 0. The Bertz CT molecular complexity index is 744. The Hall–Kier alpha value is -2.94. The molecule has 0 spiro atoms. The van der Waals surface area contributed by atoms with Gasteiger partial charge in [0.1, 0.15) is 5.56 Å². The molecule has 1 atom stereocenters. The predicted octanol–water partition coefficient (Wildman–Crippen LogP) is 1.36. The van der Waals surface area contributed by atoms with Crippen molar-refractivity contribution in [1.82, 2.24) is 9.78 Å². The molecule has 20 heavy (non-hydrogen) atoms. The molecule has 0 fully saturated rings. The van der Waals surface area contributed by atoms with Crippen LogP contribution in [0, 0.1) is 18.3 Å². The van der Waals surface area contributed by atoms with Gasteiger partial charge < -0.3 is 5.11 Å². The molecule has 1 aromatic heterocycles. The third-order valence-electron chi connectivity index (χ3n) is 2.77. The minimum absolute atomic E-state index is 0.359. The normalized spacial score (nSPS) is 11.6. The van der Waals surface area contributed by atoms with Crippen LogP contribution in [0.5, 0.6) is 0 Å². The Kier molecular flexibility index (Phi) is 3.62. The van der Waals surface area contributed by atoms with E-state index in [1.807, 2.05) is 6.07 Å². The molecule has 0 saturated heterocycles. The van der Waals surface area contributed by atoms with E-state index < -0.39 is 23.1 Å². The van der Waals surface area contributed by atoms with Crippen LogP contribution in [0.4, 0.5) is 0 Å². The van der Waals surface area contributed by atoms with Gasteiger partial charge in [-0.05, 0) is 18.6 Å². The van der Waals surface area contributed by atoms with E-state index in [2.05, 4.69) is 5.10 Å². The molecule has 0 amide bonds. The lowest BCUT2D eigenvalue weighted by Crippen LogP contribution is -2.32. The van der Waals surface area contributed by atoms with Gasteiger partial charge >= 0.3 is 5.97 Å². The molecule has 100 valence electrons. The minimum atomic E-state index is -1.33. The van der Waals surface area contributed by atoms with Crippen molar-refractivity contribution in [2.45, 2.75) is 13.0 Å². The van der Waals surface area contributed by atoms with Crippen LogP contribution in [-0.4, -0.2) is 20.9 Å². The molecule has 1 heterocycles. The first-order valence-electron chi connectivity index (χ1n) is 5.83. The summed E-state index contributed by atoms with van der Waals surface area (Å²) in [5.41, 5.74) is -0.253. The molecule has 0 unspecified atom stereocenters. The maximum Gasteiger partial charge on any atom is 0.341 e. The Morgan fingerprint density at radius 3 is 2.60 bits per heavy atom. The first-order chi connectivity index (χ1) is 9.54. The number of nitrogens with zero attached hydrogens (tertiary/aromatic N) is 3. The van der Waals surface area contributed by atoms with Gasteiger partial charge in [0.15, 0.2) is 6.04 Å². The van der Waals surface area contributed by atoms with Crippen LogP contribution in [0.15, 0.2) is 41.2 Å². The second-order valence-electron chi connectivity index (χ2n) is 4.20. The second kappa shape index (κ2) is 5.36. The van der Waals surface area contributed by atoms with Crippen molar-refractivity contribution >= 4 is 5.97 Å². The fraction of sp³-hybridized carbons (Fsp3) is 0.143. The Morgan fingerprint density at radius 1 is 1.40 bits per heavy atom. The Balaban J connectivity index is 2.66. The number of hydrogen-bond donors (Lipinski definition) is 1. The quantitative estimate of drug-likeness (QED) is 0.907. The van der Waals surface area contributed by atoms with E-state index in [4.69, 9.17) is 5.11 Å². The lowest BCUT2D eigenvalue weighted by Gasteiger charge is -2.13. The van der Waals surface area contributed by atoms with Crippen LogP contribution in [0.2, 0.25) is 0 Å². The highest BCUT2D eigenvalue weighted by molar-refractivity contribution is 5.87. The first-order valence-corrected chi connectivity index (χ1v) is 5.83. The van der Waals surface area contributed by atoms with Crippen molar-refractivity contribution in [2.24, 2.45) is 0 Å². The van der Waals surface area contributed by atoms with Gasteiger partial charge in [0, 0.05) is 0 Å². The number of carboxylic acids is 1. The molecule has 2 rings (SSSR count). The third-order valence-corrected chi connectivity index (χ3v) is 2.77. The summed E-state index contributed by atoms with van der Waals surface area (Å²) < 4.78 is 0.911. The average Bonchev–Trinajstić information content (AvgIpc) is 2.44. The van der Waals surface area contributed by atoms with Crippen molar-refractivity contribution in [3.8, 4) is 6.07 Å². The summed E-state index contributed by atoms with van der Waals surface area (Å²) in [7, 11) is 0. The number of nitriles is 1. The summed E-state index contributed by atoms with van der Waals surface area (Å²) in [6.45, 7) is 1.57. The molecule has 0 aliphatic heterocycles. The highest BCUT2D eigenvalue weighted by atomic mass is 16.4. The number of hydrogen-bond acceptors (Lipinski definition) is 4. The van der Waals surface area contributed by atoms with E-state index in [0.29, 0.717) is 11.3 Å². The van der Waals surface area contributed by atoms with Crippen LogP contribution >= 0.6 is 0 Å². The van der Waals surface area contributed by atoms with Crippen LogP contribution in [0.25, 0.3) is 0 Å². The molecule has 0 aliphatic rings. The van der Waals surface area contributed by atoms with Gasteiger partial charge in [-0.3, -0.25) is 4.79 Å². The second-order valence-corrected chi connectivity index (χ2v) is 4.20. The number of benzene rings is 1. The fourth-order valence-electron chi connectivity index (χ4n) is 1.87. The molecule has 0 aliphatic carbocycles. The van der Waals surface area contributed by atoms with Crippen molar-refractivity contribution in [2.75, 3.05) is 0 Å². The smallest absolute Gasteiger partial charge is 0.341 e. The minimum Gasteiger partial charge on any atom is -0.477 e. The molecule has 0 radical (unpaired) electrons. The number of aryl methyl sites for hydroxylation is 1. The summed E-state index contributed by atoms with van der Waals surface area (Å²) in [5.74, 6) is -1.33. The number of carboxylic acid groups (broad SMARTS) is 1. The molecule has 1 N–H and O–H groups in total. The number of aromatic carboxylic acids is 1. The monoisotopic (exact) mass is 269 g/mol. The van der Waals surface area contributed by atoms with Crippen molar-refractivity contribution in [1.29, 1.82) is 5.26 Å². The van der Waals surface area contributed by atoms with E-state index in [1.165, 1.54) is 6.07 Å². The predicted molar refractivity (Wildman–Crippen MR) is 70.4 cm³/mol. The molecular weight excluding hydrogens is 258 g/mol. The lowest BCUT2D eigenvalue weighted by atomic mass is 10.1. The maximum atomic E-state index is 12.1. The van der Waals surface area contributed by atoms with Crippen molar-refractivity contribution in [3.05, 3.63) is 63.6 Å². The van der Waals surface area contributed by atoms with Gasteiger partial charge in [-0.15, -0.1) is 0 Å². The molecule has 6 nitrogen and oxygen atoms in total. The Labute approximate surface area is 114 Å². The van der Waals surface area contributed by atoms with Gasteiger partial charge in [0.25, 0.3) is 5.56 Å². The van der Waals surface area contributed by atoms with E-state index in [9.17, 15) is 14.9 Å². The zero-order chi connectivity index (χ0) is 14.7. The number of carbonyl (C=O) groups is 1. The summed E-state index contributed by atoms with van der Waals surface area (Å²) >= 11 is 0. The topological polar surface area (TPSA) is 96.0 Å². The van der Waals surface area contributed by atoms with E-state index in [0.717, 1.165) is 4.68 Å². The summed E-state index contributed by atoms with van der Waals surface area (Å²) in [6, 6.07) is 10.8. The largest absolute Gasteiger partial charge is 0.477 e. The summed E-state index contributed by atoms with van der Waals surface area (Å²) in [5, 5.41) is 22.3. The third kappa shape index (κ3) is 2.42.